The van der Waals surface area contributed by atoms with Crippen LogP contribution in [0.5, 0.6) is 11.5 Å². The first-order valence-electron chi connectivity index (χ1n) is 8.76. The number of rotatable bonds is 8. The van der Waals surface area contributed by atoms with Crippen LogP contribution in [0.25, 0.3) is 0 Å². The van der Waals surface area contributed by atoms with Gasteiger partial charge in [0, 0.05) is 12.2 Å². The zero-order valence-electron chi connectivity index (χ0n) is 16.3. The van der Waals surface area contributed by atoms with Crippen molar-refractivity contribution in [1.29, 1.82) is 0 Å². The monoisotopic (exact) mass is 356 g/mol. The first kappa shape index (κ1) is 19.8. The average molecular weight is 356 g/mol. The standard InChI is InChI=1S/C21H28N2O3/c1-6-17-9-7-8-15(2)21(17)22-20(24)14-23(3)13-16-10-11-18(25-4)19(12-16)26-5/h7-12H,6,13-14H2,1-5H3,(H,22,24). The number of hydrogen-bond donors (Lipinski definition) is 1. The topological polar surface area (TPSA) is 50.8 Å². The molecule has 140 valence electrons. The van der Waals surface area contributed by atoms with E-state index >= 15 is 0 Å². The van der Waals surface area contributed by atoms with Gasteiger partial charge in [0.15, 0.2) is 11.5 Å². The van der Waals surface area contributed by atoms with Crippen LogP contribution in [0, 0.1) is 6.92 Å². The van der Waals surface area contributed by atoms with Crippen molar-refractivity contribution in [3.63, 3.8) is 0 Å². The summed E-state index contributed by atoms with van der Waals surface area (Å²) < 4.78 is 10.6. The van der Waals surface area contributed by atoms with Crippen LogP contribution in [0.2, 0.25) is 0 Å². The van der Waals surface area contributed by atoms with Crippen molar-refractivity contribution in [1.82, 2.24) is 4.90 Å². The molecule has 0 unspecified atom stereocenters. The van der Waals surface area contributed by atoms with Crippen LogP contribution in [0.3, 0.4) is 0 Å². The van der Waals surface area contributed by atoms with Crippen molar-refractivity contribution in [2.45, 2.75) is 26.8 Å². The quantitative estimate of drug-likeness (QED) is 0.784. The van der Waals surface area contributed by atoms with Crippen molar-refractivity contribution < 1.29 is 14.3 Å². The van der Waals surface area contributed by atoms with Crippen molar-refractivity contribution in [2.75, 3.05) is 33.1 Å². The molecule has 0 bridgehead atoms. The molecule has 0 aliphatic rings. The van der Waals surface area contributed by atoms with Crippen LogP contribution in [-0.4, -0.2) is 38.6 Å². The van der Waals surface area contributed by atoms with Gasteiger partial charge in [-0.15, -0.1) is 0 Å². The van der Waals surface area contributed by atoms with Gasteiger partial charge in [-0.25, -0.2) is 0 Å². The summed E-state index contributed by atoms with van der Waals surface area (Å²) in [5.41, 5.74) is 4.23. The maximum atomic E-state index is 12.5. The van der Waals surface area contributed by atoms with Gasteiger partial charge in [-0.2, -0.15) is 0 Å². The molecule has 2 aromatic rings. The number of methoxy groups -OCH3 is 2. The Kier molecular flexibility index (Phi) is 7.04. The summed E-state index contributed by atoms with van der Waals surface area (Å²) in [6.07, 6.45) is 0.888. The molecule has 0 atom stereocenters. The lowest BCUT2D eigenvalue weighted by atomic mass is 10.1. The fourth-order valence-corrected chi connectivity index (χ4v) is 2.97. The lowest BCUT2D eigenvalue weighted by Crippen LogP contribution is -2.30. The highest BCUT2D eigenvalue weighted by Gasteiger charge is 2.12. The third-order valence-electron chi connectivity index (χ3n) is 4.32. The summed E-state index contributed by atoms with van der Waals surface area (Å²) >= 11 is 0. The second kappa shape index (κ2) is 9.25. The Balaban J connectivity index is 2.00. The number of benzene rings is 2. The molecule has 0 radical (unpaired) electrons. The number of likely N-dealkylation sites (N-methyl/N-ethyl adjacent to an activating group) is 1. The number of carbonyl (C=O) groups is 1. The fraction of sp³-hybridized carbons (Fsp3) is 0.381. The van der Waals surface area contributed by atoms with E-state index in [0.717, 1.165) is 28.8 Å². The molecule has 0 heterocycles. The Labute approximate surface area is 155 Å². The summed E-state index contributed by atoms with van der Waals surface area (Å²) in [5, 5.41) is 3.06. The molecule has 0 fully saturated rings. The first-order chi connectivity index (χ1) is 12.5. The van der Waals surface area contributed by atoms with Gasteiger partial charge >= 0.3 is 0 Å². The number of nitrogens with zero attached hydrogens (tertiary/aromatic N) is 1. The van der Waals surface area contributed by atoms with Gasteiger partial charge in [0.1, 0.15) is 0 Å². The zero-order chi connectivity index (χ0) is 19.1. The van der Waals surface area contributed by atoms with Crippen LogP contribution in [0.15, 0.2) is 36.4 Å². The Morgan fingerprint density at radius 3 is 2.50 bits per heavy atom. The molecular weight excluding hydrogens is 328 g/mol. The van der Waals surface area contributed by atoms with Crippen molar-refractivity contribution in [2.24, 2.45) is 0 Å². The SMILES string of the molecule is CCc1cccc(C)c1NC(=O)CN(C)Cc1ccc(OC)c(OC)c1. The predicted octanol–water partition coefficient (Wildman–Crippen LogP) is 3.65. The van der Waals surface area contributed by atoms with Crippen molar-refractivity contribution >= 4 is 11.6 Å². The number of anilines is 1. The second-order valence-electron chi connectivity index (χ2n) is 6.37. The molecule has 26 heavy (non-hydrogen) atoms. The second-order valence-corrected chi connectivity index (χ2v) is 6.37. The Morgan fingerprint density at radius 2 is 1.85 bits per heavy atom. The largest absolute Gasteiger partial charge is 0.493 e. The Bertz CT molecular complexity index is 759. The van der Waals surface area contributed by atoms with Crippen LogP contribution < -0.4 is 14.8 Å². The molecule has 2 rings (SSSR count). The molecule has 5 heteroatoms. The third-order valence-corrected chi connectivity index (χ3v) is 4.32. The molecular formula is C21H28N2O3. The minimum absolute atomic E-state index is 0.0167. The van der Waals surface area contributed by atoms with Crippen LogP contribution >= 0.6 is 0 Å². The minimum Gasteiger partial charge on any atom is -0.493 e. The van der Waals surface area contributed by atoms with E-state index in [9.17, 15) is 4.79 Å². The lowest BCUT2D eigenvalue weighted by molar-refractivity contribution is -0.117. The Morgan fingerprint density at radius 1 is 1.12 bits per heavy atom. The van der Waals surface area contributed by atoms with Gasteiger partial charge in [0.05, 0.1) is 20.8 Å². The summed E-state index contributed by atoms with van der Waals surface area (Å²) in [4.78, 5) is 14.4. The lowest BCUT2D eigenvalue weighted by Gasteiger charge is -2.19. The van der Waals surface area contributed by atoms with Crippen LogP contribution in [0.4, 0.5) is 5.69 Å². The molecule has 0 aliphatic carbocycles. The van der Waals surface area contributed by atoms with Crippen LogP contribution in [0.1, 0.15) is 23.6 Å². The van der Waals surface area contributed by atoms with E-state index in [4.69, 9.17) is 9.47 Å². The van der Waals surface area contributed by atoms with E-state index in [1.54, 1.807) is 14.2 Å². The van der Waals surface area contributed by atoms with Crippen molar-refractivity contribution in [3.05, 3.63) is 53.1 Å². The molecule has 1 N–H and O–H groups in total. The normalized spacial score (nSPS) is 10.7. The highest BCUT2D eigenvalue weighted by molar-refractivity contribution is 5.93. The van der Waals surface area contributed by atoms with Gasteiger partial charge in [-0.1, -0.05) is 31.2 Å². The molecule has 0 aromatic heterocycles. The van der Waals surface area contributed by atoms with E-state index < -0.39 is 0 Å². The molecule has 0 aliphatic heterocycles. The summed E-state index contributed by atoms with van der Waals surface area (Å²) in [7, 11) is 5.16. The van der Waals surface area contributed by atoms with Gasteiger partial charge in [-0.3, -0.25) is 9.69 Å². The molecule has 2 aromatic carbocycles. The van der Waals surface area contributed by atoms with Crippen molar-refractivity contribution in [3.8, 4) is 11.5 Å². The highest BCUT2D eigenvalue weighted by Crippen LogP contribution is 2.28. The highest BCUT2D eigenvalue weighted by atomic mass is 16.5. The molecule has 1 amide bonds. The Hall–Kier alpha value is -2.53. The summed E-state index contributed by atoms with van der Waals surface area (Å²) in [5.74, 6) is 1.37. The maximum absolute atomic E-state index is 12.5. The van der Waals surface area contributed by atoms with E-state index in [-0.39, 0.29) is 5.91 Å². The number of aryl methyl sites for hydroxylation is 2. The number of ether oxygens (including phenoxy) is 2. The molecule has 0 spiro atoms. The predicted molar refractivity (Wildman–Crippen MR) is 105 cm³/mol. The van der Waals surface area contributed by atoms with E-state index in [1.807, 2.05) is 49.2 Å². The van der Waals surface area contributed by atoms with E-state index in [2.05, 4.69) is 18.3 Å². The van der Waals surface area contributed by atoms with Gasteiger partial charge in [0.25, 0.3) is 0 Å². The summed E-state index contributed by atoms with van der Waals surface area (Å²) in [6, 6.07) is 11.9. The van der Waals surface area contributed by atoms with Gasteiger partial charge < -0.3 is 14.8 Å². The number of carbonyl (C=O) groups excluding carboxylic acids is 1. The maximum Gasteiger partial charge on any atom is 0.238 e. The van der Waals surface area contributed by atoms with E-state index in [1.165, 1.54) is 0 Å². The molecule has 5 nitrogen and oxygen atoms in total. The zero-order valence-corrected chi connectivity index (χ0v) is 16.3. The van der Waals surface area contributed by atoms with Gasteiger partial charge in [0.2, 0.25) is 5.91 Å². The number of nitrogens with one attached hydrogen (secondary N) is 1. The van der Waals surface area contributed by atoms with E-state index in [0.29, 0.717) is 24.6 Å². The number of amides is 1. The third kappa shape index (κ3) is 4.99. The minimum atomic E-state index is -0.0167. The number of hydrogen-bond acceptors (Lipinski definition) is 4. The first-order valence-corrected chi connectivity index (χ1v) is 8.76. The molecule has 0 saturated heterocycles. The average Bonchev–Trinajstić information content (AvgIpc) is 2.63. The number of para-hydroxylation sites is 1. The van der Waals surface area contributed by atoms with Crippen LogP contribution in [-0.2, 0) is 17.8 Å². The smallest absolute Gasteiger partial charge is 0.238 e. The fourth-order valence-electron chi connectivity index (χ4n) is 2.97. The summed E-state index contributed by atoms with van der Waals surface area (Å²) in [6.45, 7) is 5.06. The molecule has 0 saturated carbocycles. The van der Waals surface area contributed by atoms with Gasteiger partial charge in [-0.05, 0) is 49.2 Å².